The average molecular weight is 251 g/mol. The Morgan fingerprint density at radius 1 is 1.00 bits per heavy atom. The summed E-state index contributed by atoms with van der Waals surface area (Å²) in [4.78, 5) is 0. The SMILES string of the molecule is Cc1ccc(NCc2cccc(F)c2F)cc1F. The van der Waals surface area contributed by atoms with Crippen molar-refractivity contribution in [2.75, 3.05) is 5.32 Å². The molecule has 2 aromatic carbocycles. The molecule has 94 valence electrons. The van der Waals surface area contributed by atoms with Gasteiger partial charge in [0.15, 0.2) is 11.6 Å². The van der Waals surface area contributed by atoms with Crippen molar-refractivity contribution in [1.82, 2.24) is 0 Å². The molecular weight excluding hydrogens is 239 g/mol. The fraction of sp³-hybridized carbons (Fsp3) is 0.143. The molecule has 0 saturated carbocycles. The summed E-state index contributed by atoms with van der Waals surface area (Å²) in [7, 11) is 0. The van der Waals surface area contributed by atoms with Crippen molar-refractivity contribution in [2.45, 2.75) is 13.5 Å². The highest BCUT2D eigenvalue weighted by molar-refractivity contribution is 5.45. The number of nitrogens with one attached hydrogen (secondary N) is 1. The van der Waals surface area contributed by atoms with Crippen LogP contribution in [0.1, 0.15) is 11.1 Å². The van der Waals surface area contributed by atoms with Gasteiger partial charge in [-0.25, -0.2) is 13.2 Å². The van der Waals surface area contributed by atoms with Gasteiger partial charge in [-0.3, -0.25) is 0 Å². The Labute approximate surface area is 103 Å². The minimum Gasteiger partial charge on any atom is -0.381 e. The van der Waals surface area contributed by atoms with Crippen molar-refractivity contribution in [2.24, 2.45) is 0 Å². The first-order valence-corrected chi connectivity index (χ1v) is 5.51. The maximum absolute atomic E-state index is 13.4. The van der Waals surface area contributed by atoms with Crippen LogP contribution in [0.2, 0.25) is 0 Å². The van der Waals surface area contributed by atoms with E-state index in [0.29, 0.717) is 11.3 Å². The number of hydrogen-bond donors (Lipinski definition) is 1. The van der Waals surface area contributed by atoms with Crippen LogP contribution in [0.15, 0.2) is 36.4 Å². The minimum absolute atomic E-state index is 0.103. The molecule has 0 aliphatic rings. The Balaban J connectivity index is 2.11. The predicted molar refractivity (Wildman–Crippen MR) is 64.8 cm³/mol. The van der Waals surface area contributed by atoms with Crippen molar-refractivity contribution >= 4 is 5.69 Å². The highest BCUT2D eigenvalue weighted by Gasteiger charge is 2.07. The topological polar surface area (TPSA) is 12.0 Å². The van der Waals surface area contributed by atoms with Gasteiger partial charge in [-0.2, -0.15) is 0 Å². The molecule has 2 rings (SSSR count). The van der Waals surface area contributed by atoms with Gasteiger partial charge < -0.3 is 5.32 Å². The van der Waals surface area contributed by atoms with Gasteiger partial charge >= 0.3 is 0 Å². The van der Waals surface area contributed by atoms with Gasteiger partial charge in [0, 0.05) is 17.8 Å². The first-order valence-electron chi connectivity index (χ1n) is 5.51. The van der Waals surface area contributed by atoms with Crippen LogP contribution in [0.25, 0.3) is 0 Å². The molecule has 1 N–H and O–H groups in total. The second kappa shape index (κ2) is 5.12. The summed E-state index contributed by atoms with van der Waals surface area (Å²) in [5.41, 5.74) is 1.27. The number of rotatable bonds is 3. The van der Waals surface area contributed by atoms with E-state index in [1.807, 2.05) is 0 Å². The number of hydrogen-bond acceptors (Lipinski definition) is 1. The maximum atomic E-state index is 13.4. The van der Waals surface area contributed by atoms with E-state index in [4.69, 9.17) is 0 Å². The second-order valence-electron chi connectivity index (χ2n) is 4.03. The highest BCUT2D eigenvalue weighted by atomic mass is 19.2. The summed E-state index contributed by atoms with van der Waals surface area (Å²) in [6.07, 6.45) is 0. The van der Waals surface area contributed by atoms with Crippen LogP contribution >= 0.6 is 0 Å². The molecule has 0 unspecified atom stereocenters. The minimum atomic E-state index is -0.885. The van der Waals surface area contributed by atoms with Crippen molar-refractivity contribution in [1.29, 1.82) is 0 Å². The molecule has 1 nitrogen and oxygen atoms in total. The van der Waals surface area contributed by atoms with E-state index >= 15 is 0 Å². The van der Waals surface area contributed by atoms with Crippen molar-refractivity contribution < 1.29 is 13.2 Å². The quantitative estimate of drug-likeness (QED) is 0.868. The summed E-state index contributed by atoms with van der Waals surface area (Å²) < 4.78 is 39.6. The Bertz CT molecular complexity index is 567. The lowest BCUT2D eigenvalue weighted by molar-refractivity contribution is 0.500. The number of halogens is 3. The van der Waals surface area contributed by atoms with Crippen LogP contribution < -0.4 is 5.32 Å². The van der Waals surface area contributed by atoms with Crippen LogP contribution in [-0.4, -0.2) is 0 Å². The fourth-order valence-corrected chi connectivity index (χ4v) is 1.59. The molecule has 0 aliphatic carbocycles. The van der Waals surface area contributed by atoms with Crippen molar-refractivity contribution in [3.05, 3.63) is 65.0 Å². The third-order valence-electron chi connectivity index (χ3n) is 2.69. The summed E-state index contributed by atoms with van der Waals surface area (Å²) in [5, 5.41) is 2.85. The van der Waals surface area contributed by atoms with Gasteiger partial charge in [-0.1, -0.05) is 18.2 Å². The predicted octanol–water partition coefficient (Wildman–Crippen LogP) is 4.02. The number of aryl methyl sites for hydroxylation is 1. The zero-order chi connectivity index (χ0) is 13.1. The van der Waals surface area contributed by atoms with Crippen molar-refractivity contribution in [3.63, 3.8) is 0 Å². The summed E-state index contributed by atoms with van der Waals surface area (Å²) in [5.74, 6) is -2.10. The van der Waals surface area contributed by atoms with E-state index in [9.17, 15) is 13.2 Å². The molecule has 0 aliphatic heterocycles. The van der Waals surface area contributed by atoms with E-state index < -0.39 is 11.6 Å². The number of benzene rings is 2. The summed E-state index contributed by atoms with van der Waals surface area (Å²) in [6, 6.07) is 8.62. The third kappa shape index (κ3) is 2.64. The molecule has 18 heavy (non-hydrogen) atoms. The molecule has 0 amide bonds. The molecule has 4 heteroatoms. The molecule has 0 heterocycles. The molecule has 0 bridgehead atoms. The lowest BCUT2D eigenvalue weighted by atomic mass is 10.2. The van der Waals surface area contributed by atoms with Gasteiger partial charge in [-0.15, -0.1) is 0 Å². The van der Waals surface area contributed by atoms with E-state index in [0.717, 1.165) is 6.07 Å². The van der Waals surface area contributed by atoms with Crippen LogP contribution in [0.5, 0.6) is 0 Å². The number of anilines is 1. The van der Waals surface area contributed by atoms with Gasteiger partial charge in [0.25, 0.3) is 0 Å². The third-order valence-corrected chi connectivity index (χ3v) is 2.69. The molecule has 0 fully saturated rings. The normalized spacial score (nSPS) is 10.4. The van der Waals surface area contributed by atoms with Gasteiger partial charge in [0.2, 0.25) is 0 Å². The molecule has 0 atom stereocenters. The molecular formula is C14H12F3N. The first-order chi connectivity index (χ1) is 8.58. The van der Waals surface area contributed by atoms with Gasteiger partial charge in [0.1, 0.15) is 5.82 Å². The average Bonchev–Trinajstić information content (AvgIpc) is 2.35. The van der Waals surface area contributed by atoms with Crippen LogP contribution in [0, 0.1) is 24.4 Å². The zero-order valence-electron chi connectivity index (χ0n) is 9.81. The summed E-state index contributed by atoms with van der Waals surface area (Å²) >= 11 is 0. The Morgan fingerprint density at radius 2 is 1.78 bits per heavy atom. The second-order valence-corrected chi connectivity index (χ2v) is 4.03. The Kier molecular flexibility index (Phi) is 3.55. The lowest BCUT2D eigenvalue weighted by Gasteiger charge is -2.08. The summed E-state index contributed by atoms with van der Waals surface area (Å²) in [6.45, 7) is 1.76. The molecule has 0 spiro atoms. The standard InChI is InChI=1S/C14H12F3N/c1-9-5-6-11(7-13(9)16)18-8-10-3-2-4-12(15)14(10)17/h2-7,18H,8H2,1H3. The molecule has 0 aromatic heterocycles. The lowest BCUT2D eigenvalue weighted by Crippen LogP contribution is -2.03. The maximum Gasteiger partial charge on any atom is 0.163 e. The van der Waals surface area contributed by atoms with Crippen molar-refractivity contribution in [3.8, 4) is 0 Å². The van der Waals surface area contributed by atoms with E-state index in [1.165, 1.54) is 18.2 Å². The first kappa shape index (κ1) is 12.5. The monoisotopic (exact) mass is 251 g/mol. The Hall–Kier alpha value is -1.97. The van der Waals surface area contributed by atoms with Crippen LogP contribution in [-0.2, 0) is 6.54 Å². The molecule has 2 aromatic rings. The smallest absolute Gasteiger partial charge is 0.163 e. The highest BCUT2D eigenvalue weighted by Crippen LogP contribution is 2.16. The van der Waals surface area contributed by atoms with Gasteiger partial charge in [-0.05, 0) is 30.7 Å². The molecule has 0 radical (unpaired) electrons. The largest absolute Gasteiger partial charge is 0.381 e. The zero-order valence-corrected chi connectivity index (χ0v) is 9.81. The Morgan fingerprint density at radius 3 is 2.50 bits per heavy atom. The van der Waals surface area contributed by atoms with Gasteiger partial charge in [0.05, 0.1) is 0 Å². The molecule has 0 saturated heterocycles. The van der Waals surface area contributed by atoms with E-state index in [1.54, 1.807) is 19.1 Å². The van der Waals surface area contributed by atoms with E-state index in [-0.39, 0.29) is 17.9 Å². The fourth-order valence-electron chi connectivity index (χ4n) is 1.59. The van der Waals surface area contributed by atoms with E-state index in [2.05, 4.69) is 5.32 Å². The van der Waals surface area contributed by atoms with Crippen LogP contribution in [0.3, 0.4) is 0 Å². The van der Waals surface area contributed by atoms with Crippen LogP contribution in [0.4, 0.5) is 18.9 Å².